The van der Waals surface area contributed by atoms with Crippen molar-refractivity contribution in [2.24, 2.45) is 0 Å². The summed E-state index contributed by atoms with van der Waals surface area (Å²) in [6, 6.07) is 11.3. The van der Waals surface area contributed by atoms with Crippen molar-refractivity contribution in [1.82, 2.24) is 0 Å². The molecule has 3 nitrogen and oxygen atoms in total. The quantitative estimate of drug-likeness (QED) is 0.784. The molecule has 0 saturated carbocycles. The number of fused-ring (bicyclic) bond motifs is 1. The molecule has 0 aliphatic rings. The van der Waals surface area contributed by atoms with Crippen molar-refractivity contribution in [2.45, 2.75) is 6.10 Å². The number of benzene rings is 2. The van der Waals surface area contributed by atoms with Gasteiger partial charge in [0.25, 0.3) is 0 Å². The van der Waals surface area contributed by atoms with Crippen molar-refractivity contribution >= 4 is 22.6 Å². The number of ether oxygens (including phenoxy) is 1. The van der Waals surface area contributed by atoms with Gasteiger partial charge in [-0.05, 0) is 24.3 Å². The van der Waals surface area contributed by atoms with Crippen LogP contribution in [-0.2, 0) is 0 Å². The highest BCUT2D eigenvalue weighted by molar-refractivity contribution is 6.34. The Labute approximate surface area is 125 Å². The SMILES string of the molecule is COc1cccc(F)c1C(O)c1cc2cccc(Cl)c2o1. The Morgan fingerprint density at radius 2 is 2.00 bits per heavy atom. The predicted molar refractivity (Wildman–Crippen MR) is 78.2 cm³/mol. The fourth-order valence-corrected chi connectivity index (χ4v) is 2.51. The molecule has 108 valence electrons. The van der Waals surface area contributed by atoms with E-state index in [1.54, 1.807) is 30.3 Å². The smallest absolute Gasteiger partial charge is 0.153 e. The molecule has 0 aliphatic carbocycles. The normalized spacial score (nSPS) is 12.6. The summed E-state index contributed by atoms with van der Waals surface area (Å²) in [4.78, 5) is 0. The summed E-state index contributed by atoms with van der Waals surface area (Å²) in [5, 5.41) is 11.6. The third-order valence-electron chi connectivity index (χ3n) is 3.29. The van der Waals surface area contributed by atoms with Crippen molar-refractivity contribution in [3.8, 4) is 5.75 Å². The number of halogens is 2. The lowest BCUT2D eigenvalue weighted by Crippen LogP contribution is -2.04. The molecule has 0 spiro atoms. The van der Waals surface area contributed by atoms with Crippen molar-refractivity contribution < 1.29 is 18.7 Å². The standard InChI is InChI=1S/C16H12ClFO3/c1-20-12-7-3-6-11(18)14(12)15(19)13-8-9-4-2-5-10(17)16(9)21-13/h2-8,15,19H,1H3. The molecule has 1 N–H and O–H groups in total. The van der Waals surface area contributed by atoms with E-state index in [1.165, 1.54) is 19.2 Å². The first-order chi connectivity index (χ1) is 10.1. The van der Waals surface area contributed by atoms with E-state index in [-0.39, 0.29) is 17.1 Å². The van der Waals surface area contributed by atoms with Gasteiger partial charge in [0.2, 0.25) is 0 Å². The van der Waals surface area contributed by atoms with E-state index in [0.717, 1.165) is 5.39 Å². The van der Waals surface area contributed by atoms with E-state index >= 15 is 0 Å². The maximum absolute atomic E-state index is 14.0. The summed E-state index contributed by atoms with van der Waals surface area (Å²) >= 11 is 6.04. The average Bonchev–Trinajstić information content (AvgIpc) is 2.92. The van der Waals surface area contributed by atoms with Gasteiger partial charge in [-0.15, -0.1) is 0 Å². The number of aliphatic hydroxyl groups is 1. The largest absolute Gasteiger partial charge is 0.496 e. The molecule has 0 radical (unpaired) electrons. The Morgan fingerprint density at radius 1 is 1.24 bits per heavy atom. The van der Waals surface area contributed by atoms with E-state index in [9.17, 15) is 9.50 Å². The van der Waals surface area contributed by atoms with Gasteiger partial charge in [0.05, 0.1) is 17.7 Å². The second-order valence-electron chi connectivity index (χ2n) is 4.57. The van der Waals surface area contributed by atoms with Gasteiger partial charge in [0.15, 0.2) is 5.58 Å². The number of para-hydroxylation sites is 1. The highest BCUT2D eigenvalue weighted by Gasteiger charge is 2.23. The molecule has 1 unspecified atom stereocenters. The highest BCUT2D eigenvalue weighted by Crippen LogP contribution is 2.36. The lowest BCUT2D eigenvalue weighted by atomic mass is 10.1. The molecule has 5 heteroatoms. The summed E-state index contributed by atoms with van der Waals surface area (Å²) in [5.74, 6) is -0.0936. The molecule has 3 aromatic rings. The maximum Gasteiger partial charge on any atom is 0.153 e. The van der Waals surface area contributed by atoms with Crippen LogP contribution in [0.4, 0.5) is 4.39 Å². The van der Waals surface area contributed by atoms with Crippen LogP contribution in [0.2, 0.25) is 5.02 Å². The Balaban J connectivity index is 2.13. The number of furan rings is 1. The van der Waals surface area contributed by atoms with E-state index in [0.29, 0.717) is 10.6 Å². The highest BCUT2D eigenvalue weighted by atomic mass is 35.5. The first-order valence-corrected chi connectivity index (χ1v) is 6.68. The van der Waals surface area contributed by atoms with Crippen LogP contribution in [0.1, 0.15) is 17.4 Å². The van der Waals surface area contributed by atoms with Crippen molar-refractivity contribution in [1.29, 1.82) is 0 Å². The molecule has 1 atom stereocenters. The summed E-state index contributed by atoms with van der Waals surface area (Å²) < 4.78 is 24.7. The van der Waals surface area contributed by atoms with Gasteiger partial charge in [0, 0.05) is 5.39 Å². The van der Waals surface area contributed by atoms with E-state index in [4.69, 9.17) is 20.8 Å². The molecule has 0 aliphatic heterocycles. The molecule has 0 fully saturated rings. The van der Waals surface area contributed by atoms with Gasteiger partial charge >= 0.3 is 0 Å². The average molecular weight is 307 g/mol. The minimum absolute atomic E-state index is 0.0372. The minimum atomic E-state index is -1.27. The first-order valence-electron chi connectivity index (χ1n) is 6.30. The van der Waals surface area contributed by atoms with Crippen LogP contribution in [0.3, 0.4) is 0 Å². The van der Waals surface area contributed by atoms with Crippen LogP contribution in [-0.4, -0.2) is 12.2 Å². The lowest BCUT2D eigenvalue weighted by Gasteiger charge is -2.13. The molecule has 0 amide bonds. The third kappa shape index (κ3) is 2.37. The number of hydrogen-bond acceptors (Lipinski definition) is 3. The number of rotatable bonds is 3. The summed E-state index contributed by atoms with van der Waals surface area (Å²) in [6.45, 7) is 0. The number of hydrogen-bond donors (Lipinski definition) is 1. The molecule has 2 aromatic carbocycles. The van der Waals surface area contributed by atoms with Crippen LogP contribution in [0.15, 0.2) is 46.9 Å². The molecule has 3 rings (SSSR count). The van der Waals surface area contributed by atoms with E-state index in [1.807, 2.05) is 0 Å². The van der Waals surface area contributed by atoms with Gasteiger partial charge in [-0.2, -0.15) is 0 Å². The molecule has 1 aromatic heterocycles. The van der Waals surface area contributed by atoms with Gasteiger partial charge in [-0.3, -0.25) is 0 Å². The number of methoxy groups -OCH3 is 1. The predicted octanol–water partition coefficient (Wildman–Crippen LogP) is 4.32. The van der Waals surface area contributed by atoms with Gasteiger partial charge in [0.1, 0.15) is 23.4 Å². The Bertz CT molecular complexity index is 797. The molecule has 0 bridgehead atoms. The van der Waals surface area contributed by atoms with Crippen molar-refractivity contribution in [3.05, 3.63) is 64.6 Å². The van der Waals surface area contributed by atoms with Gasteiger partial charge < -0.3 is 14.3 Å². The molecule has 1 heterocycles. The Hall–Kier alpha value is -2.04. The van der Waals surface area contributed by atoms with Crippen LogP contribution in [0, 0.1) is 5.82 Å². The zero-order chi connectivity index (χ0) is 15.0. The second kappa shape index (κ2) is 5.39. The first kappa shape index (κ1) is 13.9. The summed E-state index contributed by atoms with van der Waals surface area (Å²) in [6.07, 6.45) is -1.27. The Kier molecular flexibility index (Phi) is 3.57. The molecule has 21 heavy (non-hydrogen) atoms. The van der Waals surface area contributed by atoms with E-state index in [2.05, 4.69) is 0 Å². The zero-order valence-electron chi connectivity index (χ0n) is 11.1. The number of aliphatic hydroxyl groups excluding tert-OH is 1. The summed E-state index contributed by atoms with van der Waals surface area (Å²) in [5.41, 5.74) is 0.499. The van der Waals surface area contributed by atoms with E-state index < -0.39 is 11.9 Å². The van der Waals surface area contributed by atoms with Crippen LogP contribution < -0.4 is 4.74 Å². The van der Waals surface area contributed by atoms with Crippen molar-refractivity contribution in [3.63, 3.8) is 0 Å². The third-order valence-corrected chi connectivity index (χ3v) is 3.59. The fraction of sp³-hybridized carbons (Fsp3) is 0.125. The van der Waals surface area contributed by atoms with Crippen LogP contribution in [0.25, 0.3) is 11.0 Å². The topological polar surface area (TPSA) is 42.6 Å². The van der Waals surface area contributed by atoms with Gasteiger partial charge in [-0.1, -0.05) is 29.8 Å². The van der Waals surface area contributed by atoms with Gasteiger partial charge in [-0.25, -0.2) is 4.39 Å². The maximum atomic E-state index is 14.0. The molecule has 0 saturated heterocycles. The molecular weight excluding hydrogens is 295 g/mol. The zero-order valence-corrected chi connectivity index (χ0v) is 11.9. The second-order valence-corrected chi connectivity index (χ2v) is 4.97. The van der Waals surface area contributed by atoms with Crippen LogP contribution >= 0.6 is 11.6 Å². The van der Waals surface area contributed by atoms with Crippen molar-refractivity contribution in [2.75, 3.05) is 7.11 Å². The van der Waals surface area contributed by atoms with Crippen LogP contribution in [0.5, 0.6) is 5.75 Å². The Morgan fingerprint density at radius 3 is 2.71 bits per heavy atom. The molecular formula is C16H12ClFO3. The minimum Gasteiger partial charge on any atom is -0.496 e. The summed E-state index contributed by atoms with van der Waals surface area (Å²) in [7, 11) is 1.42. The fourth-order valence-electron chi connectivity index (χ4n) is 2.29. The lowest BCUT2D eigenvalue weighted by molar-refractivity contribution is 0.182. The monoisotopic (exact) mass is 306 g/mol.